The summed E-state index contributed by atoms with van der Waals surface area (Å²) in [4.78, 5) is 13.0. The van der Waals surface area contributed by atoms with Gasteiger partial charge in [-0.3, -0.25) is 15.0 Å². The molecule has 0 bridgehead atoms. The fourth-order valence-electron chi connectivity index (χ4n) is 3.00. The summed E-state index contributed by atoms with van der Waals surface area (Å²) in [5, 5.41) is 14.3. The number of nitro groups is 1. The molecule has 0 amide bonds. The molecule has 0 saturated carbocycles. The first-order valence-electron chi connectivity index (χ1n) is 7.81. The lowest BCUT2D eigenvalue weighted by molar-refractivity contribution is -0.385. The Morgan fingerprint density at radius 3 is 2.68 bits per heavy atom. The number of nitro benzene ring substituents is 1. The quantitative estimate of drug-likeness (QED) is 0.642. The van der Waals surface area contributed by atoms with Gasteiger partial charge in [0.1, 0.15) is 0 Å². The predicted octanol–water partition coefficient (Wildman–Crippen LogP) is 3.40. The smallest absolute Gasteiger partial charge is 0.269 e. The third-order valence-electron chi connectivity index (χ3n) is 4.44. The van der Waals surface area contributed by atoms with Crippen LogP contribution in [0.2, 0.25) is 0 Å². The molecule has 0 radical (unpaired) electrons. The minimum absolute atomic E-state index is 0. The van der Waals surface area contributed by atoms with Crippen LogP contribution in [0.4, 0.5) is 5.69 Å². The molecule has 1 fully saturated rings. The molecule has 1 aromatic rings. The summed E-state index contributed by atoms with van der Waals surface area (Å²) in [5.74, 6) is 0.763. The van der Waals surface area contributed by atoms with Crippen molar-refractivity contribution >= 4 is 18.1 Å². The van der Waals surface area contributed by atoms with E-state index in [0.29, 0.717) is 0 Å². The molecule has 1 unspecified atom stereocenters. The van der Waals surface area contributed by atoms with E-state index in [0.717, 1.165) is 37.7 Å². The molecule has 124 valence electrons. The van der Waals surface area contributed by atoms with Gasteiger partial charge in [-0.1, -0.05) is 19.1 Å². The van der Waals surface area contributed by atoms with E-state index in [2.05, 4.69) is 24.1 Å². The lowest BCUT2D eigenvalue weighted by Gasteiger charge is -2.36. The van der Waals surface area contributed by atoms with Crippen molar-refractivity contribution < 1.29 is 4.92 Å². The maximum absolute atomic E-state index is 10.9. The molecular formula is C16H26ClN3O2. The van der Waals surface area contributed by atoms with Crippen molar-refractivity contribution in [2.75, 3.05) is 26.2 Å². The van der Waals surface area contributed by atoms with Crippen LogP contribution in [0, 0.1) is 16.0 Å². The van der Waals surface area contributed by atoms with Crippen LogP contribution in [0.1, 0.15) is 38.3 Å². The fourth-order valence-corrected chi connectivity index (χ4v) is 3.00. The van der Waals surface area contributed by atoms with Gasteiger partial charge in [-0.05, 0) is 57.4 Å². The van der Waals surface area contributed by atoms with E-state index >= 15 is 0 Å². The highest BCUT2D eigenvalue weighted by molar-refractivity contribution is 5.85. The molecule has 5 nitrogen and oxygen atoms in total. The zero-order valence-electron chi connectivity index (χ0n) is 13.3. The molecule has 1 atom stereocenters. The number of hydrogen-bond acceptors (Lipinski definition) is 4. The number of benzene rings is 1. The van der Waals surface area contributed by atoms with Crippen molar-refractivity contribution in [3.63, 3.8) is 0 Å². The van der Waals surface area contributed by atoms with Gasteiger partial charge in [-0.2, -0.15) is 0 Å². The highest BCUT2D eigenvalue weighted by Gasteiger charge is 2.24. The van der Waals surface area contributed by atoms with Crippen molar-refractivity contribution in [3.05, 3.63) is 39.9 Å². The highest BCUT2D eigenvalue weighted by Crippen LogP contribution is 2.28. The molecule has 1 heterocycles. The van der Waals surface area contributed by atoms with Gasteiger partial charge < -0.3 is 5.32 Å². The first-order chi connectivity index (χ1) is 10.1. The topological polar surface area (TPSA) is 58.4 Å². The number of nitrogens with one attached hydrogen (secondary N) is 1. The molecule has 6 heteroatoms. The number of rotatable bonds is 6. The number of non-ortho nitro benzene ring substituents is 1. The second-order valence-corrected chi connectivity index (χ2v) is 5.82. The molecule has 0 aromatic heterocycles. The lowest BCUT2D eigenvalue weighted by Crippen LogP contribution is -2.38. The van der Waals surface area contributed by atoms with Crippen LogP contribution in [0.3, 0.4) is 0 Å². The van der Waals surface area contributed by atoms with Crippen LogP contribution in [-0.4, -0.2) is 36.0 Å². The molecule has 1 N–H and O–H groups in total. The van der Waals surface area contributed by atoms with E-state index < -0.39 is 0 Å². The van der Waals surface area contributed by atoms with Gasteiger partial charge in [-0.25, -0.2) is 0 Å². The average Bonchev–Trinajstić information content (AvgIpc) is 2.53. The third kappa shape index (κ3) is 4.93. The van der Waals surface area contributed by atoms with Crippen molar-refractivity contribution in [2.45, 2.75) is 32.7 Å². The zero-order valence-corrected chi connectivity index (χ0v) is 14.1. The minimum Gasteiger partial charge on any atom is -0.317 e. The lowest BCUT2D eigenvalue weighted by atomic mass is 9.94. The monoisotopic (exact) mass is 327 g/mol. The first kappa shape index (κ1) is 18.9. The average molecular weight is 328 g/mol. The Morgan fingerprint density at radius 1 is 1.41 bits per heavy atom. The van der Waals surface area contributed by atoms with E-state index in [1.807, 2.05) is 6.07 Å². The summed E-state index contributed by atoms with van der Waals surface area (Å²) in [6.45, 7) is 8.56. The van der Waals surface area contributed by atoms with Crippen LogP contribution < -0.4 is 5.32 Å². The van der Waals surface area contributed by atoms with Gasteiger partial charge in [-0.15, -0.1) is 12.4 Å². The molecule has 1 aliphatic rings. The second-order valence-electron chi connectivity index (χ2n) is 5.82. The molecule has 1 aliphatic heterocycles. The molecule has 0 aliphatic carbocycles. The van der Waals surface area contributed by atoms with Crippen molar-refractivity contribution in [1.29, 1.82) is 0 Å². The molecule has 1 aromatic carbocycles. The third-order valence-corrected chi connectivity index (χ3v) is 4.44. The van der Waals surface area contributed by atoms with E-state index in [4.69, 9.17) is 0 Å². The van der Waals surface area contributed by atoms with Crippen LogP contribution in [-0.2, 0) is 0 Å². The Kier molecular flexibility index (Phi) is 7.79. The van der Waals surface area contributed by atoms with Gasteiger partial charge >= 0.3 is 0 Å². The molecule has 0 spiro atoms. The van der Waals surface area contributed by atoms with Crippen LogP contribution >= 0.6 is 12.4 Å². The highest BCUT2D eigenvalue weighted by atomic mass is 35.5. The van der Waals surface area contributed by atoms with Crippen LogP contribution in [0.25, 0.3) is 0 Å². The Bertz CT molecular complexity index is 476. The van der Waals surface area contributed by atoms with E-state index in [-0.39, 0.29) is 29.1 Å². The number of halogens is 1. The van der Waals surface area contributed by atoms with Gasteiger partial charge in [0.25, 0.3) is 5.69 Å². The fraction of sp³-hybridized carbons (Fsp3) is 0.625. The van der Waals surface area contributed by atoms with Crippen molar-refractivity contribution in [2.24, 2.45) is 5.92 Å². The predicted molar refractivity (Wildman–Crippen MR) is 91.6 cm³/mol. The number of nitrogens with zero attached hydrogens (tertiary/aromatic N) is 2. The first-order valence-corrected chi connectivity index (χ1v) is 7.81. The Morgan fingerprint density at radius 2 is 2.09 bits per heavy atom. The summed E-state index contributed by atoms with van der Waals surface area (Å²) >= 11 is 0. The molecule has 2 rings (SSSR count). The standard InChI is InChI=1S/C16H25N3O2.ClH/c1-3-17-12-14-7-9-18(10-8-14)13(2)15-5-4-6-16(11-15)19(20)21;/h4-6,11,13-14,17H,3,7-10,12H2,1-2H3;1H. The van der Waals surface area contributed by atoms with Crippen molar-refractivity contribution in [3.8, 4) is 0 Å². The number of hydrogen-bond donors (Lipinski definition) is 1. The molecule has 22 heavy (non-hydrogen) atoms. The van der Waals surface area contributed by atoms with Crippen LogP contribution in [0.15, 0.2) is 24.3 Å². The Labute approximate surface area is 138 Å². The summed E-state index contributed by atoms with van der Waals surface area (Å²) in [6, 6.07) is 7.27. The minimum atomic E-state index is -0.321. The number of likely N-dealkylation sites (tertiary alicyclic amines) is 1. The largest absolute Gasteiger partial charge is 0.317 e. The summed E-state index contributed by atoms with van der Waals surface area (Å²) in [5.41, 5.74) is 1.22. The van der Waals surface area contributed by atoms with Gasteiger partial charge in [0.15, 0.2) is 0 Å². The van der Waals surface area contributed by atoms with Crippen LogP contribution in [0.5, 0.6) is 0 Å². The maximum atomic E-state index is 10.9. The SMILES string of the molecule is CCNCC1CCN(C(C)c2cccc([N+](=O)[O-])c2)CC1.Cl. The van der Waals surface area contributed by atoms with Gasteiger partial charge in [0.05, 0.1) is 4.92 Å². The normalized spacial score (nSPS) is 17.7. The zero-order chi connectivity index (χ0) is 15.2. The Balaban J connectivity index is 0.00000242. The van der Waals surface area contributed by atoms with E-state index in [9.17, 15) is 10.1 Å². The summed E-state index contributed by atoms with van der Waals surface area (Å²) in [7, 11) is 0. The second kappa shape index (κ2) is 9.08. The molecule has 1 saturated heterocycles. The van der Waals surface area contributed by atoms with Crippen molar-refractivity contribution in [1.82, 2.24) is 10.2 Å². The maximum Gasteiger partial charge on any atom is 0.269 e. The summed E-state index contributed by atoms with van der Waals surface area (Å²) < 4.78 is 0. The van der Waals surface area contributed by atoms with Gasteiger partial charge in [0, 0.05) is 18.2 Å². The number of piperidine rings is 1. The summed E-state index contributed by atoms with van der Waals surface area (Å²) in [6.07, 6.45) is 2.40. The van der Waals surface area contributed by atoms with Gasteiger partial charge in [0.2, 0.25) is 0 Å². The van der Waals surface area contributed by atoms with E-state index in [1.54, 1.807) is 18.2 Å². The molecular weight excluding hydrogens is 302 g/mol. The van der Waals surface area contributed by atoms with E-state index in [1.165, 1.54) is 12.8 Å². The Hall–Kier alpha value is -1.17.